The third kappa shape index (κ3) is 2.35. The number of allylic oxidation sites excluding steroid dienone is 1. The fourth-order valence-corrected chi connectivity index (χ4v) is 2.27. The van der Waals surface area contributed by atoms with E-state index in [-0.39, 0.29) is 0 Å². The van der Waals surface area contributed by atoms with Gasteiger partial charge in [0.2, 0.25) is 0 Å². The van der Waals surface area contributed by atoms with Gasteiger partial charge in [-0.3, -0.25) is 15.0 Å². The van der Waals surface area contributed by atoms with Gasteiger partial charge >= 0.3 is 0 Å². The van der Waals surface area contributed by atoms with Gasteiger partial charge in [-0.05, 0) is 24.3 Å². The van der Waals surface area contributed by atoms with Crippen molar-refractivity contribution in [1.29, 1.82) is 0 Å². The lowest BCUT2D eigenvalue weighted by Crippen LogP contribution is -2.09. The van der Waals surface area contributed by atoms with Gasteiger partial charge in [0.05, 0.1) is 17.1 Å². The summed E-state index contributed by atoms with van der Waals surface area (Å²) in [6.45, 7) is 0. The minimum absolute atomic E-state index is 0.678. The summed E-state index contributed by atoms with van der Waals surface area (Å²) < 4.78 is 0. The van der Waals surface area contributed by atoms with E-state index in [1.165, 1.54) is 0 Å². The molecular weight excluding hydrogens is 254 g/mol. The number of rotatable bonds is 2. The second-order valence-corrected chi connectivity index (χ2v) is 4.59. The highest BCUT2D eigenvalue weighted by Crippen LogP contribution is 2.29. The van der Waals surface area contributed by atoms with E-state index >= 15 is 0 Å². The highest BCUT2D eigenvalue weighted by molar-refractivity contribution is 7.81. The van der Waals surface area contributed by atoms with Crippen LogP contribution in [0.1, 0.15) is 17.8 Å². The highest BCUT2D eigenvalue weighted by Gasteiger charge is 2.19. The van der Waals surface area contributed by atoms with Gasteiger partial charge < -0.3 is 0 Å². The predicted molar refractivity (Wildman–Crippen MR) is 81.0 cm³/mol. The van der Waals surface area contributed by atoms with Crippen molar-refractivity contribution in [2.45, 2.75) is 6.42 Å². The van der Waals surface area contributed by atoms with E-state index in [1.54, 1.807) is 12.4 Å². The molecular formula is C15H11N3S. The van der Waals surface area contributed by atoms with Crippen molar-refractivity contribution in [3.63, 3.8) is 0 Å². The van der Waals surface area contributed by atoms with Gasteiger partial charge in [-0.2, -0.15) is 0 Å². The molecule has 0 aliphatic carbocycles. The molecule has 3 heterocycles. The van der Waals surface area contributed by atoms with Gasteiger partial charge in [-0.1, -0.05) is 24.4 Å². The van der Waals surface area contributed by atoms with Crippen molar-refractivity contribution < 1.29 is 0 Å². The topological polar surface area (TPSA) is 38.1 Å². The van der Waals surface area contributed by atoms with E-state index in [2.05, 4.69) is 15.0 Å². The summed E-state index contributed by atoms with van der Waals surface area (Å²) in [6.07, 6.45) is 6.03. The number of nitrogens with zero attached hydrogens (tertiary/aromatic N) is 3. The molecule has 0 spiro atoms. The van der Waals surface area contributed by atoms with E-state index in [4.69, 9.17) is 12.2 Å². The molecule has 0 bridgehead atoms. The third-order valence-electron chi connectivity index (χ3n) is 2.84. The van der Waals surface area contributed by atoms with Crippen molar-refractivity contribution in [2.24, 2.45) is 4.99 Å². The average Bonchev–Trinajstić information content (AvgIpc) is 2.49. The Hall–Kier alpha value is -2.20. The minimum atomic E-state index is 0.678. The SMILES string of the molecule is S=C1CC=NC(c2ccccn2)=C1c1ccccn1. The fourth-order valence-electron chi connectivity index (χ4n) is 1.99. The van der Waals surface area contributed by atoms with Crippen LogP contribution in [0.5, 0.6) is 0 Å². The van der Waals surface area contributed by atoms with Crippen molar-refractivity contribution >= 4 is 34.6 Å². The van der Waals surface area contributed by atoms with E-state index in [0.717, 1.165) is 27.5 Å². The molecule has 0 unspecified atom stereocenters. The molecule has 92 valence electrons. The first-order chi connectivity index (χ1) is 9.36. The van der Waals surface area contributed by atoms with Gasteiger partial charge in [0, 0.05) is 35.5 Å². The van der Waals surface area contributed by atoms with Crippen LogP contribution in [0.3, 0.4) is 0 Å². The molecule has 3 nitrogen and oxygen atoms in total. The highest BCUT2D eigenvalue weighted by atomic mass is 32.1. The summed E-state index contributed by atoms with van der Waals surface area (Å²) in [5, 5.41) is 0. The number of hydrogen-bond donors (Lipinski definition) is 0. The first-order valence-corrected chi connectivity index (χ1v) is 6.40. The molecule has 19 heavy (non-hydrogen) atoms. The van der Waals surface area contributed by atoms with E-state index in [9.17, 15) is 0 Å². The van der Waals surface area contributed by atoms with Gasteiger partial charge in [0.15, 0.2) is 0 Å². The largest absolute Gasteiger partial charge is 0.258 e. The zero-order chi connectivity index (χ0) is 13.1. The molecule has 0 N–H and O–H groups in total. The molecule has 2 aromatic rings. The van der Waals surface area contributed by atoms with Gasteiger partial charge in [0.25, 0.3) is 0 Å². The summed E-state index contributed by atoms with van der Waals surface area (Å²) in [5.41, 5.74) is 3.39. The maximum atomic E-state index is 5.47. The van der Waals surface area contributed by atoms with Crippen LogP contribution in [0, 0.1) is 0 Å². The van der Waals surface area contributed by atoms with Crippen molar-refractivity contribution in [2.75, 3.05) is 0 Å². The number of aliphatic imine (C=N–C) groups is 1. The van der Waals surface area contributed by atoms with Gasteiger partial charge in [-0.25, -0.2) is 0 Å². The zero-order valence-electron chi connectivity index (χ0n) is 10.2. The molecule has 0 atom stereocenters. The van der Waals surface area contributed by atoms with Crippen molar-refractivity contribution in [3.05, 3.63) is 60.2 Å². The molecule has 0 fully saturated rings. The maximum Gasteiger partial charge on any atom is 0.0987 e. The fraction of sp³-hybridized carbons (Fsp3) is 0.0667. The van der Waals surface area contributed by atoms with Gasteiger partial charge in [-0.15, -0.1) is 0 Å². The lowest BCUT2D eigenvalue weighted by atomic mass is 9.99. The van der Waals surface area contributed by atoms with Crippen LogP contribution < -0.4 is 0 Å². The summed E-state index contributed by atoms with van der Waals surface area (Å²) in [6, 6.07) is 11.6. The molecule has 1 aliphatic rings. The smallest absolute Gasteiger partial charge is 0.0987 e. The minimum Gasteiger partial charge on any atom is -0.258 e. The number of aromatic nitrogens is 2. The second kappa shape index (κ2) is 5.20. The maximum absolute atomic E-state index is 5.47. The van der Waals surface area contributed by atoms with E-state index in [1.807, 2.05) is 42.6 Å². The van der Waals surface area contributed by atoms with Crippen LogP contribution in [-0.4, -0.2) is 21.0 Å². The van der Waals surface area contributed by atoms with Crippen molar-refractivity contribution in [3.8, 4) is 0 Å². The molecule has 0 saturated heterocycles. The Morgan fingerprint density at radius 3 is 2.21 bits per heavy atom. The molecule has 0 radical (unpaired) electrons. The lowest BCUT2D eigenvalue weighted by molar-refractivity contribution is 1.24. The standard InChI is InChI=1S/C15H11N3S/c19-13-7-10-18-15(12-6-2-4-9-17-12)14(13)11-5-1-3-8-16-11/h1-6,8-10H,7H2. The van der Waals surface area contributed by atoms with Crippen molar-refractivity contribution in [1.82, 2.24) is 9.97 Å². The molecule has 0 saturated carbocycles. The third-order valence-corrected chi connectivity index (χ3v) is 3.21. The predicted octanol–water partition coefficient (Wildman–Crippen LogP) is 3.19. The molecule has 3 rings (SSSR count). The van der Waals surface area contributed by atoms with Crippen LogP contribution in [0.15, 0.2) is 53.8 Å². The zero-order valence-corrected chi connectivity index (χ0v) is 11.0. The van der Waals surface area contributed by atoms with Crippen LogP contribution in [0.25, 0.3) is 11.3 Å². The molecule has 4 heteroatoms. The van der Waals surface area contributed by atoms with Crippen LogP contribution in [0.2, 0.25) is 0 Å². The number of thiocarbonyl (C=S) groups is 1. The Balaban J connectivity index is 2.21. The van der Waals surface area contributed by atoms with Crippen LogP contribution >= 0.6 is 12.2 Å². The number of hydrogen-bond acceptors (Lipinski definition) is 4. The first kappa shape index (κ1) is 11.9. The Labute approximate surface area is 116 Å². The van der Waals surface area contributed by atoms with Crippen LogP contribution in [0.4, 0.5) is 0 Å². The average molecular weight is 265 g/mol. The van der Waals surface area contributed by atoms with Crippen LogP contribution in [-0.2, 0) is 0 Å². The van der Waals surface area contributed by atoms with E-state index in [0.29, 0.717) is 6.42 Å². The normalized spacial score (nSPS) is 14.8. The lowest BCUT2D eigenvalue weighted by Gasteiger charge is -2.15. The molecule has 2 aromatic heterocycles. The molecule has 1 aliphatic heterocycles. The molecule has 0 amide bonds. The molecule has 0 aromatic carbocycles. The Morgan fingerprint density at radius 2 is 1.58 bits per heavy atom. The monoisotopic (exact) mass is 265 g/mol. The Kier molecular flexibility index (Phi) is 3.25. The Bertz CT molecular complexity index is 660. The second-order valence-electron chi connectivity index (χ2n) is 4.09. The summed E-state index contributed by atoms with van der Waals surface area (Å²) >= 11 is 5.47. The Morgan fingerprint density at radius 1 is 0.895 bits per heavy atom. The van der Waals surface area contributed by atoms with E-state index < -0.39 is 0 Å². The summed E-state index contributed by atoms with van der Waals surface area (Å²) in [4.78, 5) is 14.1. The first-order valence-electron chi connectivity index (χ1n) is 5.99. The quantitative estimate of drug-likeness (QED) is 0.783. The summed E-state index contributed by atoms with van der Waals surface area (Å²) in [7, 11) is 0. The summed E-state index contributed by atoms with van der Waals surface area (Å²) in [5.74, 6) is 0. The van der Waals surface area contributed by atoms with Gasteiger partial charge in [0.1, 0.15) is 0 Å². The number of pyridine rings is 2.